The quantitative estimate of drug-likeness (QED) is 0.872. The maximum atomic E-state index is 5.81. The minimum Gasteiger partial charge on any atom is -0.483 e. The fraction of sp³-hybridized carbons (Fsp3) is 0.200. The van der Waals surface area contributed by atoms with Crippen LogP contribution in [0.4, 0.5) is 0 Å². The van der Waals surface area contributed by atoms with Crippen LogP contribution < -0.4 is 4.74 Å². The van der Waals surface area contributed by atoms with E-state index < -0.39 is 0 Å². The van der Waals surface area contributed by atoms with Crippen molar-refractivity contribution in [2.75, 3.05) is 0 Å². The number of benzene rings is 1. The van der Waals surface area contributed by atoms with Gasteiger partial charge in [0.1, 0.15) is 5.75 Å². The van der Waals surface area contributed by atoms with Crippen LogP contribution in [0.25, 0.3) is 0 Å². The van der Waals surface area contributed by atoms with Gasteiger partial charge >= 0.3 is 0 Å². The second-order valence-corrected chi connectivity index (χ2v) is 4.37. The predicted octanol–water partition coefficient (Wildman–Crippen LogP) is 3.37. The van der Waals surface area contributed by atoms with Crippen molar-refractivity contribution >= 4 is 27.5 Å². The largest absolute Gasteiger partial charge is 0.483 e. The molecule has 0 bridgehead atoms. The fourth-order valence-electron chi connectivity index (χ4n) is 1.13. The lowest BCUT2D eigenvalue weighted by molar-refractivity contribution is 0.259. The second-order valence-electron chi connectivity index (χ2n) is 3.08. The molecule has 0 radical (unpaired) electrons. The predicted molar refractivity (Wildman–Crippen MR) is 62.5 cm³/mol. The molecule has 0 spiro atoms. The van der Waals surface area contributed by atoms with E-state index in [-0.39, 0.29) is 6.61 Å². The smallest absolute Gasteiger partial charge is 0.253 e. The Bertz CT molecular complexity index is 501. The molecule has 2 rings (SSSR count). The van der Waals surface area contributed by atoms with Gasteiger partial charge < -0.3 is 9.15 Å². The maximum Gasteiger partial charge on any atom is 0.253 e. The van der Waals surface area contributed by atoms with Gasteiger partial charge in [0.2, 0.25) is 5.89 Å². The molecule has 4 nitrogen and oxygen atoms in total. The Morgan fingerprint density at radius 2 is 2.25 bits per heavy atom. The van der Waals surface area contributed by atoms with E-state index in [0.717, 1.165) is 4.47 Å². The summed E-state index contributed by atoms with van der Waals surface area (Å²) in [5, 5.41) is 8.18. The first-order valence-electron chi connectivity index (χ1n) is 4.52. The zero-order chi connectivity index (χ0) is 11.5. The van der Waals surface area contributed by atoms with Gasteiger partial charge in [-0.3, -0.25) is 0 Å². The van der Waals surface area contributed by atoms with Crippen molar-refractivity contribution < 1.29 is 9.15 Å². The van der Waals surface area contributed by atoms with Crippen LogP contribution in [-0.2, 0) is 6.61 Å². The molecule has 0 saturated carbocycles. The Morgan fingerprint density at radius 3 is 2.88 bits per heavy atom. The molecule has 0 fully saturated rings. The van der Waals surface area contributed by atoms with Crippen molar-refractivity contribution in [1.82, 2.24) is 10.2 Å². The topological polar surface area (TPSA) is 48.2 Å². The molecule has 0 unspecified atom stereocenters. The van der Waals surface area contributed by atoms with E-state index in [1.165, 1.54) is 0 Å². The van der Waals surface area contributed by atoms with E-state index in [1.807, 2.05) is 0 Å². The third-order valence-corrected chi connectivity index (χ3v) is 2.67. The minimum absolute atomic E-state index is 0.237. The number of hydrogen-bond acceptors (Lipinski definition) is 4. The molecule has 1 heterocycles. The van der Waals surface area contributed by atoms with Crippen molar-refractivity contribution in [3.8, 4) is 5.75 Å². The summed E-state index contributed by atoms with van der Waals surface area (Å²) < 4.78 is 11.5. The van der Waals surface area contributed by atoms with Gasteiger partial charge in [-0.15, -0.1) is 10.2 Å². The van der Waals surface area contributed by atoms with Crippen molar-refractivity contribution in [2.24, 2.45) is 0 Å². The normalized spacial score (nSPS) is 10.4. The standard InChI is InChI=1S/C10H8BrClN2O2/c1-6-13-14-10(16-6)5-15-9-3-2-7(12)4-8(9)11/h2-4H,5H2,1H3. The lowest BCUT2D eigenvalue weighted by atomic mass is 10.3. The Morgan fingerprint density at radius 1 is 1.44 bits per heavy atom. The van der Waals surface area contributed by atoms with E-state index in [2.05, 4.69) is 26.1 Å². The summed E-state index contributed by atoms with van der Waals surface area (Å²) in [6.07, 6.45) is 0. The molecule has 16 heavy (non-hydrogen) atoms. The highest BCUT2D eigenvalue weighted by Gasteiger charge is 2.06. The average Bonchev–Trinajstić information content (AvgIpc) is 2.63. The Labute approximate surface area is 106 Å². The minimum atomic E-state index is 0.237. The molecule has 0 saturated heterocycles. The highest BCUT2D eigenvalue weighted by molar-refractivity contribution is 9.10. The number of nitrogens with zero attached hydrogens (tertiary/aromatic N) is 2. The Balaban J connectivity index is 2.04. The molecule has 0 N–H and O–H groups in total. The van der Waals surface area contributed by atoms with Crippen LogP contribution in [0, 0.1) is 6.92 Å². The van der Waals surface area contributed by atoms with Gasteiger partial charge in [-0.25, -0.2) is 0 Å². The lowest BCUT2D eigenvalue weighted by Gasteiger charge is -2.05. The van der Waals surface area contributed by atoms with E-state index in [9.17, 15) is 0 Å². The van der Waals surface area contributed by atoms with Gasteiger partial charge in [0, 0.05) is 11.9 Å². The maximum absolute atomic E-state index is 5.81. The fourth-order valence-corrected chi connectivity index (χ4v) is 1.92. The lowest BCUT2D eigenvalue weighted by Crippen LogP contribution is -1.96. The molecule has 6 heteroatoms. The molecule has 84 valence electrons. The van der Waals surface area contributed by atoms with Gasteiger partial charge in [0.15, 0.2) is 6.61 Å². The van der Waals surface area contributed by atoms with E-state index in [4.69, 9.17) is 20.8 Å². The summed E-state index contributed by atoms with van der Waals surface area (Å²) in [5.74, 6) is 1.65. The number of hydrogen-bond donors (Lipinski definition) is 0. The van der Waals surface area contributed by atoms with Crippen LogP contribution in [0.3, 0.4) is 0 Å². The number of halogens is 2. The van der Waals surface area contributed by atoms with Crippen LogP contribution in [0.2, 0.25) is 5.02 Å². The molecular formula is C10H8BrClN2O2. The Hall–Kier alpha value is -1.07. The van der Waals surface area contributed by atoms with Crippen LogP contribution >= 0.6 is 27.5 Å². The first-order valence-corrected chi connectivity index (χ1v) is 5.69. The number of ether oxygens (including phenoxy) is 1. The van der Waals surface area contributed by atoms with E-state index >= 15 is 0 Å². The highest BCUT2D eigenvalue weighted by atomic mass is 79.9. The van der Waals surface area contributed by atoms with Gasteiger partial charge in [0.25, 0.3) is 5.89 Å². The summed E-state index contributed by atoms with van der Waals surface area (Å²) in [4.78, 5) is 0. The number of rotatable bonds is 3. The summed E-state index contributed by atoms with van der Waals surface area (Å²) in [6.45, 7) is 1.97. The number of aryl methyl sites for hydroxylation is 1. The highest BCUT2D eigenvalue weighted by Crippen LogP contribution is 2.28. The summed E-state index contributed by atoms with van der Waals surface area (Å²) in [5.41, 5.74) is 0. The summed E-state index contributed by atoms with van der Waals surface area (Å²) in [6, 6.07) is 5.28. The monoisotopic (exact) mass is 302 g/mol. The van der Waals surface area contributed by atoms with Gasteiger partial charge in [-0.1, -0.05) is 11.6 Å². The molecule has 1 aromatic carbocycles. The summed E-state index contributed by atoms with van der Waals surface area (Å²) >= 11 is 9.16. The molecule has 2 aromatic rings. The zero-order valence-corrected chi connectivity index (χ0v) is 10.7. The SMILES string of the molecule is Cc1nnc(COc2ccc(Cl)cc2Br)o1. The second kappa shape index (κ2) is 4.84. The van der Waals surface area contributed by atoms with Crippen molar-refractivity contribution in [3.05, 3.63) is 39.5 Å². The molecule has 0 aliphatic carbocycles. The van der Waals surface area contributed by atoms with Crippen molar-refractivity contribution in [1.29, 1.82) is 0 Å². The van der Waals surface area contributed by atoms with E-state index in [1.54, 1.807) is 25.1 Å². The van der Waals surface area contributed by atoms with Crippen LogP contribution in [0.5, 0.6) is 5.75 Å². The average molecular weight is 304 g/mol. The molecular weight excluding hydrogens is 295 g/mol. The van der Waals surface area contributed by atoms with E-state index in [0.29, 0.717) is 22.6 Å². The summed E-state index contributed by atoms with van der Waals surface area (Å²) in [7, 11) is 0. The number of aromatic nitrogens is 2. The van der Waals surface area contributed by atoms with Crippen molar-refractivity contribution in [2.45, 2.75) is 13.5 Å². The molecule has 0 amide bonds. The van der Waals surface area contributed by atoms with Gasteiger partial charge in [-0.2, -0.15) is 0 Å². The van der Waals surface area contributed by atoms with Crippen molar-refractivity contribution in [3.63, 3.8) is 0 Å². The first kappa shape index (κ1) is 11.4. The van der Waals surface area contributed by atoms with Gasteiger partial charge in [0.05, 0.1) is 4.47 Å². The van der Waals surface area contributed by atoms with Crippen LogP contribution in [0.1, 0.15) is 11.8 Å². The van der Waals surface area contributed by atoms with Crippen LogP contribution in [-0.4, -0.2) is 10.2 Å². The zero-order valence-electron chi connectivity index (χ0n) is 8.41. The first-order chi connectivity index (χ1) is 7.65. The molecule has 0 aliphatic heterocycles. The third-order valence-electron chi connectivity index (χ3n) is 1.81. The van der Waals surface area contributed by atoms with Crippen LogP contribution in [0.15, 0.2) is 27.1 Å². The molecule has 0 aliphatic rings. The molecule has 0 atom stereocenters. The third kappa shape index (κ3) is 2.74. The van der Waals surface area contributed by atoms with Gasteiger partial charge in [-0.05, 0) is 34.1 Å². The Kier molecular flexibility index (Phi) is 3.46. The molecule has 1 aromatic heterocycles.